The molecule has 0 atom stereocenters. The lowest BCUT2D eigenvalue weighted by Crippen LogP contribution is -2.18. The third-order valence-corrected chi connectivity index (χ3v) is 4.06. The molecular formula is C17H27NO. The first-order valence-corrected chi connectivity index (χ1v) is 7.82. The molecule has 0 amide bonds. The minimum absolute atomic E-state index is 0.462. The second-order valence-electron chi connectivity index (χ2n) is 5.76. The van der Waals surface area contributed by atoms with E-state index in [0.717, 1.165) is 18.5 Å². The molecule has 2 heteroatoms. The fourth-order valence-corrected chi connectivity index (χ4v) is 2.86. The molecule has 1 fully saturated rings. The monoisotopic (exact) mass is 261 g/mol. The normalized spacial score (nSPS) is 16.1. The molecule has 2 nitrogen and oxygen atoms in total. The fraction of sp³-hybridized carbons (Fsp3) is 0.647. The molecule has 0 bridgehead atoms. The van der Waals surface area contributed by atoms with Crippen LogP contribution in [0.4, 0.5) is 0 Å². The zero-order valence-electron chi connectivity index (χ0n) is 12.2. The van der Waals surface area contributed by atoms with Crippen molar-refractivity contribution in [3.05, 3.63) is 29.3 Å². The molecule has 0 radical (unpaired) electrons. The average Bonchev–Trinajstić information content (AvgIpc) is 2.91. The molecule has 19 heavy (non-hydrogen) atoms. The predicted octanol–water partition coefficient (Wildman–Crippen LogP) is 4.11. The third kappa shape index (κ3) is 4.54. The van der Waals surface area contributed by atoms with Gasteiger partial charge in [0.25, 0.3) is 0 Å². The maximum atomic E-state index is 9.98. The fourth-order valence-electron chi connectivity index (χ4n) is 2.86. The van der Waals surface area contributed by atoms with Crippen molar-refractivity contribution in [1.29, 1.82) is 0 Å². The van der Waals surface area contributed by atoms with Crippen LogP contribution >= 0.6 is 0 Å². The first-order chi connectivity index (χ1) is 9.29. The van der Waals surface area contributed by atoms with Crippen LogP contribution in [0.5, 0.6) is 5.75 Å². The Labute approximate surface area is 117 Å². The smallest absolute Gasteiger partial charge is 0.120 e. The molecule has 106 valence electrons. The van der Waals surface area contributed by atoms with Gasteiger partial charge in [-0.1, -0.05) is 38.3 Å². The summed E-state index contributed by atoms with van der Waals surface area (Å²) in [5, 5.41) is 9.98. The van der Waals surface area contributed by atoms with E-state index in [4.69, 9.17) is 0 Å². The van der Waals surface area contributed by atoms with Gasteiger partial charge in [-0.05, 0) is 50.4 Å². The Bertz CT molecular complexity index is 383. The van der Waals surface area contributed by atoms with E-state index in [1.54, 1.807) is 0 Å². The van der Waals surface area contributed by atoms with Gasteiger partial charge < -0.3 is 5.11 Å². The number of rotatable bonds is 7. The first-order valence-electron chi connectivity index (χ1n) is 7.82. The number of unbranched alkanes of at least 4 members (excludes halogenated alkanes) is 3. The van der Waals surface area contributed by atoms with Crippen molar-refractivity contribution >= 4 is 0 Å². The molecule has 1 aliphatic heterocycles. The van der Waals surface area contributed by atoms with E-state index in [-0.39, 0.29) is 0 Å². The Morgan fingerprint density at radius 1 is 1.11 bits per heavy atom. The van der Waals surface area contributed by atoms with Crippen LogP contribution in [0.25, 0.3) is 0 Å². The summed E-state index contributed by atoms with van der Waals surface area (Å²) in [5.74, 6) is 0.462. The summed E-state index contributed by atoms with van der Waals surface area (Å²) in [6.45, 7) is 5.52. The quantitative estimate of drug-likeness (QED) is 0.747. The number of phenols is 1. The van der Waals surface area contributed by atoms with Crippen LogP contribution in [0.2, 0.25) is 0 Å². The first kappa shape index (κ1) is 14.4. The highest BCUT2D eigenvalue weighted by Gasteiger charge is 2.13. The number of likely N-dealkylation sites (tertiary alicyclic amines) is 1. The molecule has 0 spiro atoms. The highest BCUT2D eigenvalue weighted by molar-refractivity contribution is 5.36. The number of hydrogen-bond acceptors (Lipinski definition) is 2. The molecular weight excluding hydrogens is 234 g/mol. The van der Waals surface area contributed by atoms with Crippen LogP contribution in [-0.4, -0.2) is 23.1 Å². The van der Waals surface area contributed by atoms with Gasteiger partial charge in [-0.15, -0.1) is 0 Å². The van der Waals surface area contributed by atoms with Gasteiger partial charge in [0.2, 0.25) is 0 Å². The van der Waals surface area contributed by atoms with Crippen molar-refractivity contribution in [2.24, 2.45) is 0 Å². The molecule has 0 aromatic heterocycles. The van der Waals surface area contributed by atoms with E-state index in [1.165, 1.54) is 57.2 Å². The number of phenolic OH excluding ortho intramolecular Hbond substituents is 1. The molecule has 1 aromatic carbocycles. The maximum absolute atomic E-state index is 9.98. The van der Waals surface area contributed by atoms with E-state index in [1.807, 2.05) is 6.07 Å². The number of aromatic hydroxyl groups is 1. The van der Waals surface area contributed by atoms with Crippen molar-refractivity contribution in [2.75, 3.05) is 13.1 Å². The molecule has 2 rings (SSSR count). The lowest BCUT2D eigenvalue weighted by Gasteiger charge is -2.16. The lowest BCUT2D eigenvalue weighted by molar-refractivity contribution is 0.324. The zero-order valence-corrected chi connectivity index (χ0v) is 12.2. The van der Waals surface area contributed by atoms with E-state index in [9.17, 15) is 5.11 Å². The number of hydrogen-bond donors (Lipinski definition) is 1. The summed E-state index contributed by atoms with van der Waals surface area (Å²) >= 11 is 0. The second kappa shape index (κ2) is 7.54. The summed E-state index contributed by atoms with van der Waals surface area (Å²) in [5.41, 5.74) is 2.48. The highest BCUT2D eigenvalue weighted by Crippen LogP contribution is 2.23. The van der Waals surface area contributed by atoms with Gasteiger partial charge in [0.05, 0.1) is 0 Å². The van der Waals surface area contributed by atoms with Gasteiger partial charge in [-0.3, -0.25) is 4.90 Å². The van der Waals surface area contributed by atoms with Gasteiger partial charge in [0.15, 0.2) is 0 Å². The van der Waals surface area contributed by atoms with Crippen molar-refractivity contribution in [2.45, 2.75) is 58.4 Å². The molecule has 1 heterocycles. The minimum atomic E-state index is 0.462. The summed E-state index contributed by atoms with van der Waals surface area (Å²) in [4.78, 5) is 2.44. The number of aryl methyl sites for hydroxylation is 1. The van der Waals surface area contributed by atoms with E-state index in [0.29, 0.717) is 5.75 Å². The average molecular weight is 261 g/mol. The molecule has 0 unspecified atom stereocenters. The lowest BCUT2D eigenvalue weighted by atomic mass is 10.0. The Morgan fingerprint density at radius 2 is 1.89 bits per heavy atom. The van der Waals surface area contributed by atoms with Crippen LogP contribution < -0.4 is 0 Å². The van der Waals surface area contributed by atoms with Crippen molar-refractivity contribution in [3.8, 4) is 5.75 Å². The van der Waals surface area contributed by atoms with Crippen LogP contribution in [0.3, 0.4) is 0 Å². The molecule has 1 N–H and O–H groups in total. The molecule has 0 aliphatic carbocycles. The van der Waals surface area contributed by atoms with Crippen LogP contribution in [0, 0.1) is 0 Å². The Morgan fingerprint density at radius 3 is 2.63 bits per heavy atom. The predicted molar refractivity (Wildman–Crippen MR) is 80.5 cm³/mol. The molecule has 1 aromatic rings. The Kier molecular flexibility index (Phi) is 5.71. The Hall–Kier alpha value is -1.02. The molecule has 1 aliphatic rings. The zero-order chi connectivity index (χ0) is 13.5. The standard InChI is InChI=1S/C17H27NO/c1-2-3-4-5-8-15-9-10-17(19)16(13-15)14-18-11-6-7-12-18/h9-10,13,19H,2-8,11-12,14H2,1H3. The summed E-state index contributed by atoms with van der Waals surface area (Å²) in [7, 11) is 0. The van der Waals surface area contributed by atoms with E-state index >= 15 is 0 Å². The second-order valence-corrected chi connectivity index (χ2v) is 5.76. The molecule has 0 saturated carbocycles. The summed E-state index contributed by atoms with van der Waals surface area (Å²) in [6.07, 6.45) is 8.96. The summed E-state index contributed by atoms with van der Waals surface area (Å²) in [6, 6.07) is 6.16. The van der Waals surface area contributed by atoms with Gasteiger partial charge in [0, 0.05) is 12.1 Å². The summed E-state index contributed by atoms with van der Waals surface area (Å²) < 4.78 is 0. The van der Waals surface area contributed by atoms with Gasteiger partial charge in [-0.2, -0.15) is 0 Å². The van der Waals surface area contributed by atoms with Crippen LogP contribution in [0.15, 0.2) is 18.2 Å². The van der Waals surface area contributed by atoms with Gasteiger partial charge >= 0.3 is 0 Å². The number of nitrogens with zero attached hydrogens (tertiary/aromatic N) is 1. The van der Waals surface area contributed by atoms with Gasteiger partial charge in [0.1, 0.15) is 5.75 Å². The largest absolute Gasteiger partial charge is 0.508 e. The molecule has 1 saturated heterocycles. The van der Waals surface area contributed by atoms with E-state index < -0.39 is 0 Å². The highest BCUT2D eigenvalue weighted by atomic mass is 16.3. The van der Waals surface area contributed by atoms with Crippen LogP contribution in [0.1, 0.15) is 56.6 Å². The number of benzene rings is 1. The van der Waals surface area contributed by atoms with Crippen molar-refractivity contribution in [1.82, 2.24) is 4.90 Å². The van der Waals surface area contributed by atoms with E-state index in [2.05, 4.69) is 24.0 Å². The maximum Gasteiger partial charge on any atom is 0.120 e. The van der Waals surface area contributed by atoms with Crippen molar-refractivity contribution in [3.63, 3.8) is 0 Å². The third-order valence-electron chi connectivity index (χ3n) is 4.06. The minimum Gasteiger partial charge on any atom is -0.508 e. The van der Waals surface area contributed by atoms with Gasteiger partial charge in [-0.25, -0.2) is 0 Å². The Balaban J connectivity index is 1.90. The van der Waals surface area contributed by atoms with Crippen molar-refractivity contribution < 1.29 is 5.11 Å². The van der Waals surface area contributed by atoms with Crippen LogP contribution in [-0.2, 0) is 13.0 Å². The SMILES string of the molecule is CCCCCCc1ccc(O)c(CN2CCCC2)c1. The topological polar surface area (TPSA) is 23.5 Å².